The molecule has 0 radical (unpaired) electrons. The molecule has 0 aromatic carbocycles. The first kappa shape index (κ1) is 18.8. The number of H-pyrrole nitrogens is 1. The Morgan fingerprint density at radius 1 is 1.46 bits per heavy atom. The average Bonchev–Trinajstić information content (AvgIpc) is 2.81. The number of aromatic amines is 1. The maximum Gasteiger partial charge on any atom is 0.256 e. The van der Waals surface area contributed by atoms with Crippen LogP contribution in [0.2, 0.25) is 0 Å². The van der Waals surface area contributed by atoms with Gasteiger partial charge in [0.05, 0.1) is 12.2 Å². The maximum atomic E-state index is 12.0. The summed E-state index contributed by atoms with van der Waals surface area (Å²) in [5.41, 5.74) is 0.0585. The molecule has 0 saturated carbocycles. The quantitative estimate of drug-likeness (QED) is 0.446. The van der Waals surface area contributed by atoms with Gasteiger partial charge in [-0.2, -0.15) is 0 Å². The van der Waals surface area contributed by atoms with Gasteiger partial charge in [0.1, 0.15) is 18.3 Å². The molecule has 1 aromatic rings. The van der Waals surface area contributed by atoms with Gasteiger partial charge in [0.25, 0.3) is 5.56 Å². The van der Waals surface area contributed by atoms with Gasteiger partial charge in [-0.3, -0.25) is 14.3 Å². The first-order chi connectivity index (χ1) is 11.3. The smallest absolute Gasteiger partial charge is 0.256 e. The third kappa shape index (κ3) is 4.11. The Morgan fingerprint density at radius 3 is 2.75 bits per heavy atom. The summed E-state index contributed by atoms with van der Waals surface area (Å²) < 4.78 is 6.89. The lowest BCUT2D eigenvalue weighted by molar-refractivity contribution is -0.0542. The summed E-state index contributed by atoms with van der Waals surface area (Å²) in [5, 5.41) is 32.1. The van der Waals surface area contributed by atoms with Crippen molar-refractivity contribution in [3.63, 3.8) is 0 Å². The van der Waals surface area contributed by atoms with E-state index in [1.54, 1.807) is 6.20 Å². The minimum atomic E-state index is -1.26. The lowest BCUT2D eigenvalue weighted by Gasteiger charge is -2.19. The van der Waals surface area contributed by atoms with E-state index in [0.717, 1.165) is 0 Å². The summed E-state index contributed by atoms with van der Waals surface area (Å²) in [4.78, 5) is 14.5. The molecule has 0 amide bonds. The number of hydrogen-bond acceptors (Lipinski definition) is 7. The first-order valence-electron chi connectivity index (χ1n) is 7.72. The molecule has 1 aliphatic heterocycles. The molecule has 24 heavy (non-hydrogen) atoms. The van der Waals surface area contributed by atoms with Crippen molar-refractivity contribution in [3.8, 4) is 0 Å². The number of rotatable bonds is 6. The summed E-state index contributed by atoms with van der Waals surface area (Å²) in [5.74, 6) is 0.384. The number of aromatic nitrogens is 2. The second-order valence-electron chi connectivity index (χ2n) is 6.03. The molecular formula is C15H23N3O5S. The van der Waals surface area contributed by atoms with Crippen molar-refractivity contribution in [2.75, 3.05) is 6.61 Å². The van der Waals surface area contributed by atoms with Crippen LogP contribution in [0.4, 0.5) is 0 Å². The van der Waals surface area contributed by atoms with Crippen LogP contribution in [0.1, 0.15) is 25.6 Å². The van der Waals surface area contributed by atoms with Crippen LogP contribution < -0.4 is 10.9 Å². The van der Waals surface area contributed by atoms with Gasteiger partial charge in [0.2, 0.25) is 0 Å². The fraction of sp³-hybridized carbons (Fsp3) is 0.600. The number of allylic oxidation sites excluding steroid dienone is 1. The second kappa shape index (κ2) is 8.04. The highest BCUT2D eigenvalue weighted by Crippen LogP contribution is 2.29. The molecule has 134 valence electrons. The summed E-state index contributed by atoms with van der Waals surface area (Å²) in [6.07, 6.45) is 0.822. The highest BCUT2D eigenvalue weighted by Gasteiger charge is 2.43. The molecule has 1 aliphatic rings. The van der Waals surface area contributed by atoms with Gasteiger partial charge in [0.15, 0.2) is 11.0 Å². The van der Waals surface area contributed by atoms with E-state index in [1.165, 1.54) is 10.8 Å². The van der Waals surface area contributed by atoms with Gasteiger partial charge in [-0.25, -0.2) is 0 Å². The molecule has 8 nitrogen and oxygen atoms in total. The molecule has 0 unspecified atom stereocenters. The third-order valence-corrected chi connectivity index (χ3v) is 4.04. The summed E-state index contributed by atoms with van der Waals surface area (Å²) in [7, 11) is 0. The topological polar surface area (TPSA) is 120 Å². The molecular weight excluding hydrogens is 334 g/mol. The maximum absolute atomic E-state index is 12.0. The van der Waals surface area contributed by atoms with Crippen molar-refractivity contribution >= 4 is 12.2 Å². The Hall–Kier alpha value is -1.52. The molecule has 2 rings (SSSR count). The van der Waals surface area contributed by atoms with Crippen LogP contribution in [0.3, 0.4) is 0 Å². The van der Waals surface area contributed by atoms with Gasteiger partial charge >= 0.3 is 0 Å². The highest BCUT2D eigenvalue weighted by atomic mass is 32.1. The minimum absolute atomic E-state index is 0.0660. The lowest BCUT2D eigenvalue weighted by atomic mass is 10.1. The van der Waals surface area contributed by atoms with Crippen LogP contribution in [0, 0.1) is 10.7 Å². The lowest BCUT2D eigenvalue weighted by Crippen LogP contribution is -2.33. The van der Waals surface area contributed by atoms with Crippen LogP contribution in [-0.4, -0.2) is 49.8 Å². The summed E-state index contributed by atoms with van der Waals surface area (Å²) in [6.45, 7) is 3.90. The van der Waals surface area contributed by atoms with E-state index in [0.29, 0.717) is 11.5 Å². The predicted octanol–water partition coefficient (Wildman–Crippen LogP) is -0.223. The molecule has 0 bridgehead atoms. The van der Waals surface area contributed by atoms with Crippen LogP contribution >= 0.6 is 12.2 Å². The highest BCUT2D eigenvalue weighted by molar-refractivity contribution is 7.71. The molecule has 2 heterocycles. The summed E-state index contributed by atoms with van der Waals surface area (Å²) >= 11 is 5.11. The Bertz CT molecular complexity index is 699. The Labute approximate surface area is 144 Å². The number of nitrogens with zero attached hydrogens (tertiary/aromatic N) is 1. The molecule has 1 fully saturated rings. The van der Waals surface area contributed by atoms with E-state index in [1.807, 2.05) is 19.9 Å². The van der Waals surface area contributed by atoms with Gasteiger partial charge in [0, 0.05) is 12.7 Å². The van der Waals surface area contributed by atoms with Crippen LogP contribution in [-0.2, 0) is 11.3 Å². The number of hydrogen-bond donors (Lipinski definition) is 5. The molecule has 5 N–H and O–H groups in total. The van der Waals surface area contributed by atoms with E-state index in [9.17, 15) is 15.0 Å². The van der Waals surface area contributed by atoms with E-state index in [2.05, 4.69) is 10.3 Å². The zero-order chi connectivity index (χ0) is 17.9. The predicted molar refractivity (Wildman–Crippen MR) is 89.7 cm³/mol. The largest absolute Gasteiger partial charge is 0.394 e. The molecule has 0 aliphatic carbocycles. The second-order valence-corrected chi connectivity index (χ2v) is 6.42. The van der Waals surface area contributed by atoms with Crippen molar-refractivity contribution in [2.24, 2.45) is 5.92 Å². The average molecular weight is 357 g/mol. The van der Waals surface area contributed by atoms with Crippen molar-refractivity contribution < 1.29 is 20.1 Å². The van der Waals surface area contributed by atoms with Gasteiger partial charge < -0.3 is 25.4 Å². The zero-order valence-corrected chi connectivity index (χ0v) is 14.4. The standard InChI is InChI=1S/C15H23N3O5S/c1-8(2)3-4-16-5-9-6-18(15(24)17-13(9)22)14-12(21)11(20)10(7-19)23-14/h3-4,6,8,10-12,14,16,19-21H,5,7H2,1-2H3,(H,17,22,24)/t10-,11-,12-,14-/m1/s1. The molecule has 1 saturated heterocycles. The van der Waals surface area contributed by atoms with E-state index in [4.69, 9.17) is 22.1 Å². The fourth-order valence-electron chi connectivity index (χ4n) is 2.38. The van der Waals surface area contributed by atoms with Gasteiger partial charge in [-0.1, -0.05) is 19.9 Å². The molecule has 0 spiro atoms. The van der Waals surface area contributed by atoms with Crippen molar-refractivity contribution in [3.05, 3.63) is 39.2 Å². The van der Waals surface area contributed by atoms with E-state index >= 15 is 0 Å². The SMILES string of the molecule is CC(C)C=CNCc1cn([C@@H]2O[C@H](CO)[C@@H](O)[C@H]2O)c(=S)[nH]c1=O. The molecule has 4 atom stereocenters. The van der Waals surface area contributed by atoms with Crippen molar-refractivity contribution in [1.82, 2.24) is 14.9 Å². The van der Waals surface area contributed by atoms with Gasteiger partial charge in [-0.15, -0.1) is 0 Å². The Morgan fingerprint density at radius 2 is 2.17 bits per heavy atom. The van der Waals surface area contributed by atoms with E-state index in [-0.39, 0.29) is 16.9 Å². The normalized spacial score (nSPS) is 27.2. The first-order valence-corrected chi connectivity index (χ1v) is 8.12. The minimum Gasteiger partial charge on any atom is -0.394 e. The van der Waals surface area contributed by atoms with Crippen molar-refractivity contribution in [1.29, 1.82) is 0 Å². The third-order valence-electron chi connectivity index (χ3n) is 3.72. The number of nitrogens with one attached hydrogen (secondary N) is 2. The number of aliphatic hydroxyl groups excluding tert-OH is 3. The van der Waals surface area contributed by atoms with Crippen LogP contribution in [0.25, 0.3) is 0 Å². The van der Waals surface area contributed by atoms with Crippen LogP contribution in [0.5, 0.6) is 0 Å². The number of ether oxygens (including phenoxy) is 1. The molecule has 1 aromatic heterocycles. The van der Waals surface area contributed by atoms with Crippen LogP contribution in [0.15, 0.2) is 23.3 Å². The zero-order valence-electron chi connectivity index (χ0n) is 13.5. The summed E-state index contributed by atoms with van der Waals surface area (Å²) in [6, 6.07) is 0. The monoisotopic (exact) mass is 357 g/mol. The fourth-order valence-corrected chi connectivity index (χ4v) is 2.63. The van der Waals surface area contributed by atoms with Gasteiger partial charge in [-0.05, 0) is 24.3 Å². The van der Waals surface area contributed by atoms with Crippen molar-refractivity contribution in [2.45, 2.75) is 44.9 Å². The van der Waals surface area contributed by atoms with E-state index < -0.39 is 31.1 Å². The number of aliphatic hydroxyl groups is 3. The Balaban J connectivity index is 2.24. The molecule has 9 heteroatoms. The Kier molecular flexibility index (Phi) is 6.30.